The number of hydrogen-bond acceptors (Lipinski definition) is 7. The zero-order valence-corrected chi connectivity index (χ0v) is 18.2. The van der Waals surface area contributed by atoms with Gasteiger partial charge < -0.3 is 14.8 Å². The molecule has 0 fully saturated rings. The molecule has 2 N–H and O–H groups in total. The van der Waals surface area contributed by atoms with Crippen LogP contribution < -0.4 is 20.3 Å². The lowest BCUT2D eigenvalue weighted by atomic mass is 10.2. The molecule has 9 nitrogen and oxygen atoms in total. The highest BCUT2D eigenvalue weighted by Crippen LogP contribution is 2.34. The fourth-order valence-electron chi connectivity index (χ4n) is 3.93. The van der Waals surface area contributed by atoms with Crippen LogP contribution in [0.15, 0.2) is 59.7 Å². The standard InChI is InChI=1S/C23H16ClFN6O3/c24-12-5-6-18-19(7-12)33-11-13(34-18)8-26-23-27-9-14-20-15(10-28-30-20)22(32)31(21(14)29-23)17-4-2-1-3-16(17)25/h1-7,9-10,13H,8,11H2,(H,28,30)(H,26,27,29). The zero-order valence-electron chi connectivity index (χ0n) is 17.5. The summed E-state index contributed by atoms with van der Waals surface area (Å²) in [5, 5.41) is 11.3. The SMILES string of the molecule is O=c1c2cn[nH]c2c2cnc(NCC3COc4cc(Cl)ccc4O3)nc2n1-c1ccccc1F. The summed E-state index contributed by atoms with van der Waals surface area (Å²) in [5.41, 5.74) is 0.374. The van der Waals surface area contributed by atoms with Gasteiger partial charge in [-0.15, -0.1) is 0 Å². The summed E-state index contributed by atoms with van der Waals surface area (Å²) >= 11 is 5.99. The summed E-state index contributed by atoms with van der Waals surface area (Å²) in [6.45, 7) is 0.645. The summed E-state index contributed by atoms with van der Waals surface area (Å²) in [6, 6.07) is 11.2. The van der Waals surface area contributed by atoms with Gasteiger partial charge in [0.2, 0.25) is 5.95 Å². The maximum Gasteiger partial charge on any atom is 0.267 e. The lowest BCUT2D eigenvalue weighted by Crippen LogP contribution is -2.35. The van der Waals surface area contributed by atoms with Crippen LogP contribution in [0.4, 0.5) is 10.3 Å². The second-order valence-corrected chi connectivity index (χ2v) is 8.14. The second kappa shape index (κ2) is 7.99. The number of rotatable bonds is 4. The van der Waals surface area contributed by atoms with Crippen molar-refractivity contribution >= 4 is 39.5 Å². The molecule has 6 rings (SSSR count). The van der Waals surface area contributed by atoms with E-state index in [1.165, 1.54) is 22.9 Å². The van der Waals surface area contributed by atoms with Crippen molar-refractivity contribution in [3.8, 4) is 17.2 Å². The molecule has 3 aromatic heterocycles. The number of nitrogens with one attached hydrogen (secondary N) is 2. The number of fused-ring (bicyclic) bond motifs is 4. The van der Waals surface area contributed by atoms with Gasteiger partial charge in [-0.1, -0.05) is 23.7 Å². The average Bonchev–Trinajstić information content (AvgIpc) is 3.34. The Hall–Kier alpha value is -4.18. The van der Waals surface area contributed by atoms with Crippen LogP contribution >= 0.6 is 11.6 Å². The number of halogens is 2. The summed E-state index contributed by atoms with van der Waals surface area (Å²) in [7, 11) is 0. The van der Waals surface area contributed by atoms with Crippen molar-refractivity contribution in [2.24, 2.45) is 0 Å². The molecule has 2 aromatic carbocycles. The molecule has 5 aromatic rings. The van der Waals surface area contributed by atoms with Crippen LogP contribution in [0.5, 0.6) is 11.5 Å². The minimum atomic E-state index is -0.548. The van der Waals surface area contributed by atoms with Crippen LogP contribution in [0.2, 0.25) is 5.02 Å². The molecule has 1 atom stereocenters. The van der Waals surface area contributed by atoms with Crippen molar-refractivity contribution in [1.29, 1.82) is 0 Å². The van der Waals surface area contributed by atoms with Crippen LogP contribution in [0.3, 0.4) is 0 Å². The van der Waals surface area contributed by atoms with Crippen LogP contribution in [0.25, 0.3) is 27.6 Å². The van der Waals surface area contributed by atoms with E-state index < -0.39 is 11.4 Å². The van der Waals surface area contributed by atoms with E-state index in [2.05, 4.69) is 25.5 Å². The van der Waals surface area contributed by atoms with Gasteiger partial charge in [0.1, 0.15) is 18.5 Å². The molecule has 0 saturated carbocycles. The van der Waals surface area contributed by atoms with Gasteiger partial charge in [-0.05, 0) is 24.3 Å². The first-order valence-electron chi connectivity index (χ1n) is 10.4. The summed E-state index contributed by atoms with van der Waals surface area (Å²) in [6.07, 6.45) is 2.67. The molecule has 34 heavy (non-hydrogen) atoms. The fraction of sp³-hybridized carbons (Fsp3) is 0.130. The van der Waals surface area contributed by atoms with Gasteiger partial charge in [0.15, 0.2) is 17.1 Å². The third-order valence-corrected chi connectivity index (χ3v) is 5.76. The van der Waals surface area contributed by atoms with E-state index in [1.54, 1.807) is 36.5 Å². The molecule has 0 aliphatic carbocycles. The monoisotopic (exact) mass is 478 g/mol. The number of hydrogen-bond donors (Lipinski definition) is 2. The molecular formula is C23H16ClFN6O3. The zero-order chi connectivity index (χ0) is 23.2. The normalized spacial score (nSPS) is 15.1. The molecule has 11 heteroatoms. The predicted octanol–water partition coefficient (Wildman–Crippen LogP) is 3.70. The third-order valence-electron chi connectivity index (χ3n) is 5.53. The van der Waals surface area contributed by atoms with E-state index in [4.69, 9.17) is 21.1 Å². The van der Waals surface area contributed by atoms with Gasteiger partial charge in [0.05, 0.1) is 34.7 Å². The molecule has 0 spiro atoms. The van der Waals surface area contributed by atoms with Gasteiger partial charge >= 0.3 is 0 Å². The largest absolute Gasteiger partial charge is 0.486 e. The topological polar surface area (TPSA) is 107 Å². The Morgan fingerprint density at radius 1 is 1.18 bits per heavy atom. The molecule has 1 unspecified atom stereocenters. The fourth-order valence-corrected chi connectivity index (χ4v) is 4.09. The first-order valence-corrected chi connectivity index (χ1v) is 10.8. The van der Waals surface area contributed by atoms with Crippen molar-refractivity contribution in [3.05, 3.63) is 76.1 Å². The molecule has 4 heterocycles. The Morgan fingerprint density at radius 3 is 2.94 bits per heavy atom. The number of pyridine rings is 1. The van der Waals surface area contributed by atoms with Gasteiger partial charge in [-0.3, -0.25) is 14.5 Å². The van der Waals surface area contributed by atoms with Crippen molar-refractivity contribution in [2.75, 3.05) is 18.5 Å². The Balaban J connectivity index is 1.37. The quantitative estimate of drug-likeness (QED) is 0.405. The van der Waals surface area contributed by atoms with Crippen molar-refractivity contribution in [1.82, 2.24) is 24.7 Å². The predicted molar refractivity (Wildman–Crippen MR) is 125 cm³/mol. The van der Waals surface area contributed by atoms with Crippen molar-refractivity contribution in [3.63, 3.8) is 0 Å². The van der Waals surface area contributed by atoms with E-state index in [1.807, 2.05) is 0 Å². The number of aromatic amines is 1. The Kier molecular flexibility index (Phi) is 4.80. The van der Waals surface area contributed by atoms with E-state index in [0.29, 0.717) is 46.0 Å². The number of para-hydroxylation sites is 1. The van der Waals surface area contributed by atoms with Gasteiger partial charge in [-0.25, -0.2) is 9.37 Å². The highest BCUT2D eigenvalue weighted by atomic mass is 35.5. The molecular weight excluding hydrogens is 463 g/mol. The van der Waals surface area contributed by atoms with Crippen molar-refractivity contribution in [2.45, 2.75) is 6.10 Å². The minimum absolute atomic E-state index is 0.0875. The number of H-pyrrole nitrogens is 1. The van der Waals surface area contributed by atoms with Gasteiger partial charge in [0, 0.05) is 17.3 Å². The maximum absolute atomic E-state index is 14.7. The van der Waals surface area contributed by atoms with Crippen LogP contribution in [0, 0.1) is 5.82 Å². The van der Waals surface area contributed by atoms with Crippen LogP contribution in [-0.4, -0.2) is 44.0 Å². The van der Waals surface area contributed by atoms with Crippen molar-refractivity contribution < 1.29 is 13.9 Å². The molecule has 0 radical (unpaired) electrons. The van der Waals surface area contributed by atoms with E-state index in [-0.39, 0.29) is 23.4 Å². The molecule has 0 saturated heterocycles. The van der Waals surface area contributed by atoms with Crippen LogP contribution in [0.1, 0.15) is 0 Å². The Morgan fingerprint density at radius 2 is 2.06 bits per heavy atom. The number of aromatic nitrogens is 5. The molecule has 0 bridgehead atoms. The molecule has 1 aliphatic heterocycles. The molecule has 1 aliphatic rings. The second-order valence-electron chi connectivity index (χ2n) is 7.70. The summed E-state index contributed by atoms with van der Waals surface area (Å²) in [4.78, 5) is 22.1. The highest BCUT2D eigenvalue weighted by Gasteiger charge is 2.22. The lowest BCUT2D eigenvalue weighted by Gasteiger charge is -2.26. The number of benzene rings is 2. The number of anilines is 1. The van der Waals surface area contributed by atoms with E-state index in [0.717, 1.165) is 0 Å². The Labute approximate surface area is 196 Å². The third kappa shape index (κ3) is 3.39. The first-order chi connectivity index (χ1) is 16.6. The summed E-state index contributed by atoms with van der Waals surface area (Å²) < 4.78 is 27.6. The van der Waals surface area contributed by atoms with Gasteiger partial charge in [0.25, 0.3) is 5.56 Å². The summed E-state index contributed by atoms with van der Waals surface area (Å²) in [5.74, 6) is 0.884. The molecule has 0 amide bonds. The van der Waals surface area contributed by atoms with Crippen LogP contribution in [-0.2, 0) is 0 Å². The lowest BCUT2D eigenvalue weighted by molar-refractivity contribution is 0.0996. The number of nitrogens with zero attached hydrogens (tertiary/aromatic N) is 4. The Bertz CT molecular complexity index is 1620. The highest BCUT2D eigenvalue weighted by molar-refractivity contribution is 6.30. The first kappa shape index (κ1) is 20.4. The average molecular weight is 479 g/mol. The smallest absolute Gasteiger partial charge is 0.267 e. The van der Waals surface area contributed by atoms with E-state index >= 15 is 0 Å². The maximum atomic E-state index is 14.7. The minimum Gasteiger partial charge on any atom is -0.486 e. The molecule has 170 valence electrons. The number of ether oxygens (including phenoxy) is 2. The van der Waals surface area contributed by atoms with Gasteiger partial charge in [-0.2, -0.15) is 10.1 Å². The van der Waals surface area contributed by atoms with E-state index in [9.17, 15) is 9.18 Å².